The molecule has 226 valence electrons. The van der Waals surface area contributed by atoms with Crippen molar-refractivity contribution < 1.29 is 27.6 Å². The zero-order valence-electron chi connectivity index (χ0n) is 23.5. The predicted octanol–water partition coefficient (Wildman–Crippen LogP) is 4.13. The van der Waals surface area contributed by atoms with Crippen LogP contribution in [0.1, 0.15) is 63.1 Å². The molecule has 1 aliphatic heterocycles. The molecule has 0 bridgehead atoms. The number of benzene rings is 2. The van der Waals surface area contributed by atoms with Crippen LogP contribution in [0.3, 0.4) is 0 Å². The summed E-state index contributed by atoms with van der Waals surface area (Å²) in [5.41, 5.74) is 6.59. The summed E-state index contributed by atoms with van der Waals surface area (Å²) in [6.07, 6.45) is 3.18. The number of thiophene rings is 1. The normalized spacial score (nSPS) is 18.8. The number of nitrogens with one attached hydrogen (secondary N) is 3. The zero-order chi connectivity index (χ0) is 31.2. The number of aromatic nitrogens is 1. The van der Waals surface area contributed by atoms with Crippen molar-refractivity contribution >= 4 is 34.9 Å². The van der Waals surface area contributed by atoms with Crippen LogP contribution in [0.5, 0.6) is 0 Å². The summed E-state index contributed by atoms with van der Waals surface area (Å²) in [5.74, 6) is -4.66. The highest BCUT2D eigenvalue weighted by molar-refractivity contribution is 7.10. The molecule has 2 unspecified atom stereocenters. The van der Waals surface area contributed by atoms with Gasteiger partial charge in [-0.15, -0.1) is 11.3 Å². The SMILES string of the molecule is CC(NC(=O)[C@@H]1CC(c2ncco2)CN1C(=O)CNC(=O)c1ccc2c(c1)-c1ccccc1C2(F)F)c1cc(C(=N)N)cs1. The van der Waals surface area contributed by atoms with E-state index in [2.05, 4.69) is 15.6 Å². The quantitative estimate of drug-likeness (QED) is 0.172. The number of rotatable bonds is 8. The molecule has 5 N–H and O–H groups in total. The van der Waals surface area contributed by atoms with Gasteiger partial charge in [-0.1, -0.05) is 30.3 Å². The maximum absolute atomic E-state index is 14.9. The average molecular weight is 619 g/mol. The number of halogens is 2. The first-order valence-corrected chi connectivity index (χ1v) is 14.7. The van der Waals surface area contributed by atoms with Gasteiger partial charge in [-0.2, -0.15) is 8.78 Å². The third kappa shape index (κ3) is 5.23. The summed E-state index contributed by atoms with van der Waals surface area (Å²) in [4.78, 5) is 46.3. The molecule has 2 aromatic heterocycles. The minimum Gasteiger partial charge on any atom is -0.449 e. The van der Waals surface area contributed by atoms with Gasteiger partial charge in [-0.3, -0.25) is 19.8 Å². The summed E-state index contributed by atoms with van der Waals surface area (Å²) in [6.45, 7) is 1.54. The highest BCUT2D eigenvalue weighted by atomic mass is 32.1. The second-order valence-corrected chi connectivity index (χ2v) is 11.8. The monoisotopic (exact) mass is 618 g/mol. The van der Waals surface area contributed by atoms with Crippen LogP contribution in [-0.2, 0) is 15.5 Å². The van der Waals surface area contributed by atoms with Crippen molar-refractivity contribution in [2.24, 2.45) is 5.73 Å². The number of alkyl halides is 2. The number of amidine groups is 1. The number of amides is 3. The summed E-state index contributed by atoms with van der Waals surface area (Å²) in [5, 5.41) is 14.9. The summed E-state index contributed by atoms with van der Waals surface area (Å²) >= 11 is 1.36. The Morgan fingerprint density at radius 1 is 1.16 bits per heavy atom. The maximum atomic E-state index is 14.9. The molecule has 1 aliphatic carbocycles. The van der Waals surface area contributed by atoms with Gasteiger partial charge in [-0.25, -0.2) is 4.98 Å². The van der Waals surface area contributed by atoms with E-state index < -0.39 is 36.4 Å². The van der Waals surface area contributed by atoms with Gasteiger partial charge >= 0.3 is 0 Å². The second kappa shape index (κ2) is 11.3. The Morgan fingerprint density at radius 2 is 1.93 bits per heavy atom. The number of oxazole rings is 1. The van der Waals surface area contributed by atoms with Gasteiger partial charge in [0.2, 0.25) is 11.8 Å². The van der Waals surface area contributed by atoms with E-state index in [4.69, 9.17) is 15.6 Å². The lowest BCUT2D eigenvalue weighted by Gasteiger charge is -2.25. The molecule has 13 heteroatoms. The van der Waals surface area contributed by atoms with Crippen molar-refractivity contribution in [1.82, 2.24) is 20.5 Å². The van der Waals surface area contributed by atoms with E-state index in [1.807, 2.05) is 0 Å². The Balaban J connectivity index is 1.16. The third-order valence-electron chi connectivity index (χ3n) is 8.02. The van der Waals surface area contributed by atoms with Crippen molar-refractivity contribution in [1.29, 1.82) is 5.41 Å². The fraction of sp³-hybridized carbons (Fsp3) is 0.258. The van der Waals surface area contributed by atoms with Crippen molar-refractivity contribution in [2.45, 2.75) is 37.3 Å². The average Bonchev–Trinajstić information content (AvgIpc) is 3.82. The van der Waals surface area contributed by atoms with E-state index in [1.54, 1.807) is 36.6 Å². The topological polar surface area (TPSA) is 154 Å². The number of hydrogen-bond donors (Lipinski definition) is 4. The molecular formula is C31H28F2N6O4S. The van der Waals surface area contributed by atoms with Gasteiger partial charge < -0.3 is 25.7 Å². The van der Waals surface area contributed by atoms with Gasteiger partial charge in [0.25, 0.3) is 11.8 Å². The molecule has 1 fully saturated rings. The van der Waals surface area contributed by atoms with Crippen LogP contribution >= 0.6 is 11.3 Å². The molecule has 44 heavy (non-hydrogen) atoms. The Hall–Kier alpha value is -4.91. The number of hydrogen-bond acceptors (Lipinski definition) is 7. The molecule has 3 heterocycles. The molecular weight excluding hydrogens is 590 g/mol. The third-order valence-corrected chi connectivity index (χ3v) is 9.13. The van der Waals surface area contributed by atoms with Crippen LogP contribution in [0.15, 0.2) is 70.8 Å². The number of fused-ring (bicyclic) bond motifs is 3. The van der Waals surface area contributed by atoms with Gasteiger partial charge in [0.15, 0.2) is 5.89 Å². The van der Waals surface area contributed by atoms with Crippen LogP contribution in [-0.4, -0.2) is 52.6 Å². The molecule has 4 aromatic rings. The summed E-state index contributed by atoms with van der Waals surface area (Å²) in [6, 6.07) is 10.6. The first-order chi connectivity index (χ1) is 21.0. The molecule has 10 nitrogen and oxygen atoms in total. The second-order valence-electron chi connectivity index (χ2n) is 10.8. The molecule has 0 radical (unpaired) electrons. The van der Waals surface area contributed by atoms with Gasteiger partial charge in [0, 0.05) is 39.1 Å². The smallest absolute Gasteiger partial charge is 0.299 e. The first-order valence-electron chi connectivity index (χ1n) is 13.9. The minimum atomic E-state index is -3.17. The van der Waals surface area contributed by atoms with E-state index in [1.165, 1.54) is 53.0 Å². The molecule has 2 aliphatic rings. The van der Waals surface area contributed by atoms with Gasteiger partial charge in [-0.05, 0) is 42.7 Å². The molecule has 0 saturated carbocycles. The largest absolute Gasteiger partial charge is 0.449 e. The molecule has 6 rings (SSSR count). The lowest BCUT2D eigenvalue weighted by molar-refractivity contribution is -0.138. The van der Waals surface area contributed by atoms with Crippen LogP contribution in [0.2, 0.25) is 0 Å². The number of likely N-dealkylation sites (tertiary alicyclic amines) is 1. The molecule has 0 spiro atoms. The molecule has 1 saturated heterocycles. The predicted molar refractivity (Wildman–Crippen MR) is 158 cm³/mol. The standard InChI is InChI=1S/C31H28F2N6O4S/c1-16(25-12-19(15-44-25)27(34)35)38-29(42)24-11-18(30-36-8-9-43-30)14-39(24)26(40)13-37-28(41)17-6-7-23-21(10-17)20-4-2-3-5-22(20)31(23,32)33/h2-10,12,15-16,18,24H,11,13-14H2,1H3,(H3,34,35)(H,37,41)(H,38,42)/t16?,18?,24-/m0/s1. The fourth-order valence-electron chi connectivity index (χ4n) is 5.76. The number of nitrogen functional groups attached to an aromatic ring is 1. The Bertz CT molecular complexity index is 1770. The number of carbonyl (C=O) groups excluding carboxylic acids is 3. The Labute approximate surface area is 254 Å². The summed E-state index contributed by atoms with van der Waals surface area (Å²) < 4.78 is 35.3. The Kier molecular flexibility index (Phi) is 7.49. The van der Waals surface area contributed by atoms with Gasteiger partial charge in [0.1, 0.15) is 18.1 Å². The maximum Gasteiger partial charge on any atom is 0.299 e. The first kappa shape index (κ1) is 29.2. The number of nitrogens with two attached hydrogens (primary N) is 1. The number of nitrogens with zero attached hydrogens (tertiary/aromatic N) is 2. The lowest BCUT2D eigenvalue weighted by Crippen LogP contribution is -2.49. The highest BCUT2D eigenvalue weighted by Gasteiger charge is 2.45. The molecule has 2 aromatic carbocycles. The van der Waals surface area contributed by atoms with E-state index in [-0.39, 0.29) is 52.9 Å². The van der Waals surface area contributed by atoms with Crippen molar-refractivity contribution in [2.75, 3.05) is 13.1 Å². The minimum absolute atomic E-state index is 0.0722. The van der Waals surface area contributed by atoms with Crippen molar-refractivity contribution in [3.05, 3.63) is 99.4 Å². The van der Waals surface area contributed by atoms with Crippen LogP contribution in [0.4, 0.5) is 8.78 Å². The molecule has 3 amide bonds. The van der Waals surface area contributed by atoms with E-state index in [0.29, 0.717) is 17.0 Å². The van der Waals surface area contributed by atoms with E-state index in [9.17, 15) is 23.2 Å². The number of carbonyl (C=O) groups is 3. The van der Waals surface area contributed by atoms with Gasteiger partial charge in [0.05, 0.1) is 24.7 Å². The fourth-order valence-corrected chi connectivity index (χ4v) is 6.67. The summed E-state index contributed by atoms with van der Waals surface area (Å²) in [7, 11) is 0. The van der Waals surface area contributed by atoms with Crippen LogP contribution < -0.4 is 16.4 Å². The lowest BCUT2D eigenvalue weighted by atomic mass is 10.0. The van der Waals surface area contributed by atoms with Crippen molar-refractivity contribution in [3.63, 3.8) is 0 Å². The van der Waals surface area contributed by atoms with Crippen LogP contribution in [0.25, 0.3) is 11.1 Å². The van der Waals surface area contributed by atoms with Crippen molar-refractivity contribution in [3.8, 4) is 11.1 Å². The zero-order valence-corrected chi connectivity index (χ0v) is 24.3. The van der Waals surface area contributed by atoms with E-state index in [0.717, 1.165) is 4.88 Å². The van der Waals surface area contributed by atoms with Crippen LogP contribution in [0, 0.1) is 5.41 Å². The Morgan fingerprint density at radius 3 is 2.66 bits per heavy atom. The highest BCUT2D eigenvalue weighted by Crippen LogP contribution is 2.50. The van der Waals surface area contributed by atoms with E-state index >= 15 is 0 Å². The molecule has 3 atom stereocenters.